The third-order valence-electron chi connectivity index (χ3n) is 3.15. The Bertz CT molecular complexity index is 829. The van der Waals surface area contributed by atoms with Gasteiger partial charge >= 0.3 is 0 Å². The molecule has 1 aromatic heterocycles. The fraction of sp³-hybridized carbons (Fsp3) is 0.286. The van der Waals surface area contributed by atoms with Crippen molar-refractivity contribution in [3.8, 4) is 0 Å². The van der Waals surface area contributed by atoms with Gasteiger partial charge in [0.05, 0.1) is 10.9 Å². The van der Waals surface area contributed by atoms with Gasteiger partial charge < -0.3 is 5.73 Å². The summed E-state index contributed by atoms with van der Waals surface area (Å²) in [4.78, 5) is 39.5. The van der Waals surface area contributed by atoms with Crippen LogP contribution >= 0.6 is 0 Å². The van der Waals surface area contributed by atoms with Gasteiger partial charge in [-0.25, -0.2) is 9.37 Å². The summed E-state index contributed by atoms with van der Waals surface area (Å²) in [6.45, 7) is 2.75. The number of rotatable bonds is 3. The normalized spacial score (nSPS) is 10.7. The van der Waals surface area contributed by atoms with Gasteiger partial charge in [0.2, 0.25) is 11.8 Å². The summed E-state index contributed by atoms with van der Waals surface area (Å²) in [5.74, 6) is -1.44. The maximum Gasteiger partial charge on any atom is 0.263 e. The van der Waals surface area contributed by atoms with Crippen molar-refractivity contribution >= 4 is 28.4 Å². The second-order valence-corrected chi connectivity index (χ2v) is 4.76. The van der Waals surface area contributed by atoms with Gasteiger partial charge in [-0.05, 0) is 13.0 Å². The lowest BCUT2D eigenvalue weighted by Gasteiger charge is -2.11. The summed E-state index contributed by atoms with van der Waals surface area (Å²) in [6.07, 6.45) is 0.155. The van der Waals surface area contributed by atoms with Crippen molar-refractivity contribution in [3.63, 3.8) is 0 Å². The van der Waals surface area contributed by atoms with E-state index in [1.54, 1.807) is 6.92 Å². The van der Waals surface area contributed by atoms with Gasteiger partial charge in [-0.2, -0.15) is 0 Å². The molecular formula is C14H15FN4O3. The molecule has 2 rings (SSSR count). The van der Waals surface area contributed by atoms with Gasteiger partial charge in [0.1, 0.15) is 18.2 Å². The molecule has 2 aromatic rings. The number of hydrogen-bond donors (Lipinski definition) is 2. The predicted molar refractivity (Wildman–Crippen MR) is 78.6 cm³/mol. The molecule has 0 saturated carbocycles. The lowest BCUT2D eigenvalue weighted by molar-refractivity contribution is -0.130. The molecule has 2 amide bonds. The minimum absolute atomic E-state index is 0.0432. The second kappa shape index (κ2) is 5.92. The molecular weight excluding hydrogens is 291 g/mol. The van der Waals surface area contributed by atoms with Crippen molar-refractivity contribution in [1.29, 1.82) is 0 Å². The van der Waals surface area contributed by atoms with Crippen molar-refractivity contribution in [2.45, 2.75) is 26.8 Å². The summed E-state index contributed by atoms with van der Waals surface area (Å²) in [5.41, 5.74) is 5.18. The van der Waals surface area contributed by atoms with Crippen LogP contribution in [0.2, 0.25) is 0 Å². The van der Waals surface area contributed by atoms with E-state index in [-0.39, 0.29) is 35.4 Å². The Kier molecular flexibility index (Phi) is 4.20. The minimum Gasteiger partial charge on any atom is -0.398 e. The number of carbonyl (C=O) groups excluding carboxylic acids is 2. The van der Waals surface area contributed by atoms with Crippen LogP contribution in [0, 0.1) is 12.7 Å². The number of imide groups is 1. The first-order valence-corrected chi connectivity index (χ1v) is 6.62. The molecule has 3 N–H and O–H groups in total. The van der Waals surface area contributed by atoms with Crippen molar-refractivity contribution in [3.05, 3.63) is 34.1 Å². The minimum atomic E-state index is -0.626. The first-order valence-electron chi connectivity index (χ1n) is 6.62. The Morgan fingerprint density at radius 2 is 2.05 bits per heavy atom. The Hall–Kier alpha value is -2.77. The first kappa shape index (κ1) is 15.6. The Labute approximate surface area is 124 Å². The van der Waals surface area contributed by atoms with Crippen LogP contribution in [0.1, 0.15) is 19.2 Å². The molecule has 116 valence electrons. The number of anilines is 1. The van der Waals surface area contributed by atoms with Crippen molar-refractivity contribution in [2.75, 3.05) is 5.73 Å². The molecule has 0 unspecified atom stereocenters. The first-order chi connectivity index (χ1) is 10.3. The van der Waals surface area contributed by atoms with Gasteiger partial charge in [0, 0.05) is 18.2 Å². The van der Waals surface area contributed by atoms with E-state index in [1.807, 2.05) is 0 Å². The summed E-state index contributed by atoms with van der Waals surface area (Å²) in [7, 11) is 0. The van der Waals surface area contributed by atoms with E-state index >= 15 is 0 Å². The number of carbonyl (C=O) groups is 2. The van der Waals surface area contributed by atoms with E-state index in [0.717, 1.165) is 16.7 Å². The van der Waals surface area contributed by atoms with E-state index in [1.165, 1.54) is 6.92 Å². The highest BCUT2D eigenvalue weighted by Gasteiger charge is 2.15. The molecule has 0 radical (unpaired) electrons. The van der Waals surface area contributed by atoms with E-state index < -0.39 is 23.2 Å². The third kappa shape index (κ3) is 2.95. The average molecular weight is 306 g/mol. The maximum atomic E-state index is 13.3. The number of halogens is 1. The number of nitrogens with zero attached hydrogens (tertiary/aromatic N) is 2. The number of aromatic nitrogens is 2. The van der Waals surface area contributed by atoms with Gasteiger partial charge in [-0.15, -0.1) is 0 Å². The predicted octanol–water partition coefficient (Wildman–Crippen LogP) is 0.479. The van der Waals surface area contributed by atoms with E-state index in [4.69, 9.17) is 5.73 Å². The van der Waals surface area contributed by atoms with Crippen LogP contribution < -0.4 is 16.6 Å². The molecule has 0 bridgehead atoms. The highest BCUT2D eigenvalue weighted by atomic mass is 19.1. The van der Waals surface area contributed by atoms with Crippen molar-refractivity contribution < 1.29 is 14.0 Å². The van der Waals surface area contributed by atoms with Gasteiger partial charge in [0.15, 0.2) is 0 Å². The number of hydrogen-bond acceptors (Lipinski definition) is 5. The van der Waals surface area contributed by atoms with Crippen LogP contribution in [0.4, 0.5) is 10.1 Å². The Morgan fingerprint density at radius 3 is 2.68 bits per heavy atom. The summed E-state index contributed by atoms with van der Waals surface area (Å²) < 4.78 is 14.4. The maximum absolute atomic E-state index is 13.3. The smallest absolute Gasteiger partial charge is 0.263 e. The quantitative estimate of drug-likeness (QED) is 0.802. The fourth-order valence-electron chi connectivity index (χ4n) is 2.06. The van der Waals surface area contributed by atoms with Gasteiger partial charge in [-0.3, -0.25) is 24.3 Å². The zero-order valence-electron chi connectivity index (χ0n) is 12.1. The van der Waals surface area contributed by atoms with Crippen LogP contribution in [-0.2, 0) is 16.1 Å². The summed E-state index contributed by atoms with van der Waals surface area (Å²) >= 11 is 0. The second-order valence-electron chi connectivity index (χ2n) is 4.76. The zero-order valence-corrected chi connectivity index (χ0v) is 12.1. The SMILES string of the molecule is CCC(=O)NC(=O)Cn1c(C)nc2cc(F)cc(N)c2c1=O. The largest absolute Gasteiger partial charge is 0.398 e. The summed E-state index contributed by atoms with van der Waals surface area (Å²) in [5, 5.41) is 2.19. The number of fused-ring (bicyclic) bond motifs is 1. The molecule has 8 heteroatoms. The van der Waals surface area contributed by atoms with Crippen LogP contribution in [0.25, 0.3) is 10.9 Å². The number of aryl methyl sites for hydroxylation is 1. The highest BCUT2D eigenvalue weighted by Crippen LogP contribution is 2.18. The molecule has 1 aromatic carbocycles. The molecule has 0 aliphatic heterocycles. The summed E-state index contributed by atoms with van der Waals surface area (Å²) in [6, 6.07) is 2.12. The lowest BCUT2D eigenvalue weighted by atomic mass is 10.2. The topological polar surface area (TPSA) is 107 Å². The molecule has 1 heterocycles. The molecule has 0 saturated heterocycles. The van der Waals surface area contributed by atoms with Crippen molar-refractivity contribution in [2.24, 2.45) is 0 Å². The number of benzene rings is 1. The molecule has 0 aliphatic rings. The Morgan fingerprint density at radius 1 is 1.36 bits per heavy atom. The number of nitrogens with two attached hydrogens (primary N) is 1. The van der Waals surface area contributed by atoms with Crippen molar-refractivity contribution in [1.82, 2.24) is 14.9 Å². The Balaban J connectivity index is 2.49. The van der Waals surface area contributed by atoms with Gasteiger partial charge in [-0.1, -0.05) is 6.92 Å². The van der Waals surface area contributed by atoms with Gasteiger partial charge in [0.25, 0.3) is 5.56 Å². The van der Waals surface area contributed by atoms with E-state index in [0.29, 0.717) is 0 Å². The van der Waals surface area contributed by atoms with E-state index in [9.17, 15) is 18.8 Å². The number of amides is 2. The molecule has 0 fully saturated rings. The molecule has 0 atom stereocenters. The highest BCUT2D eigenvalue weighted by molar-refractivity contribution is 5.95. The monoisotopic (exact) mass is 306 g/mol. The zero-order chi connectivity index (χ0) is 16.4. The van der Waals surface area contributed by atoms with Crippen LogP contribution in [0.3, 0.4) is 0 Å². The molecule has 7 nitrogen and oxygen atoms in total. The third-order valence-corrected chi connectivity index (χ3v) is 3.15. The molecule has 0 aliphatic carbocycles. The lowest BCUT2D eigenvalue weighted by Crippen LogP contribution is -2.37. The molecule has 22 heavy (non-hydrogen) atoms. The van der Waals surface area contributed by atoms with Crippen LogP contribution in [0.15, 0.2) is 16.9 Å². The standard InChI is InChI=1S/C14H15FN4O3/c1-3-11(20)18-12(21)6-19-7(2)17-10-5-8(15)4-9(16)13(10)14(19)22/h4-5H,3,6,16H2,1-2H3,(H,18,20,21). The molecule has 0 spiro atoms. The van der Waals surface area contributed by atoms with E-state index in [2.05, 4.69) is 10.3 Å². The fourth-order valence-corrected chi connectivity index (χ4v) is 2.06. The number of nitrogens with one attached hydrogen (secondary N) is 1. The average Bonchev–Trinajstić information content (AvgIpc) is 2.42. The van der Waals surface area contributed by atoms with Crippen LogP contribution in [0.5, 0.6) is 0 Å². The van der Waals surface area contributed by atoms with Crippen LogP contribution in [-0.4, -0.2) is 21.4 Å². The number of nitrogen functional groups attached to an aromatic ring is 1.